The number of hydrogen-bond donors (Lipinski definition) is 0. The van der Waals surface area contributed by atoms with Gasteiger partial charge in [-0.1, -0.05) is 24.2 Å². The SMILES string of the molecule is CCOC(=O)COc1ccc(/C(CC)=N/OCc2ccc(OC)cc2)cc1. The molecule has 0 aliphatic carbocycles. The molecular weight excluding hydrogens is 346 g/mol. The molecule has 2 rings (SSSR count). The number of esters is 1. The largest absolute Gasteiger partial charge is 0.497 e. The van der Waals surface area contributed by atoms with Crippen LogP contribution in [-0.4, -0.2) is 32.0 Å². The second-order valence-electron chi connectivity index (χ2n) is 5.63. The predicted molar refractivity (Wildman–Crippen MR) is 103 cm³/mol. The average molecular weight is 371 g/mol. The first kappa shape index (κ1) is 20.3. The standard InChI is InChI=1S/C21H25NO5/c1-4-20(22-27-14-16-6-10-18(24-3)11-7-16)17-8-12-19(13-9-17)26-15-21(23)25-5-2/h6-13H,4-5,14-15H2,1-3H3/b22-20+. The van der Waals surface area contributed by atoms with Crippen LogP contribution in [0.2, 0.25) is 0 Å². The van der Waals surface area contributed by atoms with E-state index in [-0.39, 0.29) is 12.6 Å². The molecule has 0 fully saturated rings. The van der Waals surface area contributed by atoms with Crippen LogP contribution in [0.15, 0.2) is 53.7 Å². The molecule has 0 amide bonds. The molecular formula is C21H25NO5. The van der Waals surface area contributed by atoms with Crippen molar-refractivity contribution in [2.45, 2.75) is 26.9 Å². The minimum Gasteiger partial charge on any atom is -0.497 e. The minimum absolute atomic E-state index is 0.104. The molecule has 2 aromatic carbocycles. The van der Waals surface area contributed by atoms with Gasteiger partial charge >= 0.3 is 5.97 Å². The van der Waals surface area contributed by atoms with Crippen LogP contribution in [-0.2, 0) is 21.0 Å². The van der Waals surface area contributed by atoms with Crippen LogP contribution in [0.25, 0.3) is 0 Å². The molecule has 6 heteroatoms. The highest BCUT2D eigenvalue weighted by molar-refractivity contribution is 6.00. The highest BCUT2D eigenvalue weighted by Gasteiger charge is 2.06. The fourth-order valence-electron chi connectivity index (χ4n) is 2.32. The van der Waals surface area contributed by atoms with Gasteiger partial charge in [0.15, 0.2) is 6.61 Å². The lowest BCUT2D eigenvalue weighted by atomic mass is 10.1. The van der Waals surface area contributed by atoms with Gasteiger partial charge in [-0.3, -0.25) is 0 Å². The van der Waals surface area contributed by atoms with Gasteiger partial charge in [0.25, 0.3) is 0 Å². The summed E-state index contributed by atoms with van der Waals surface area (Å²) in [5.41, 5.74) is 2.79. The van der Waals surface area contributed by atoms with E-state index in [1.165, 1.54) is 0 Å². The average Bonchev–Trinajstić information content (AvgIpc) is 2.71. The van der Waals surface area contributed by atoms with Crippen LogP contribution in [0.5, 0.6) is 11.5 Å². The second kappa shape index (κ2) is 10.9. The van der Waals surface area contributed by atoms with Crippen molar-refractivity contribution in [2.24, 2.45) is 5.16 Å². The lowest BCUT2D eigenvalue weighted by Crippen LogP contribution is -2.14. The number of carbonyl (C=O) groups excluding carboxylic acids is 1. The molecule has 0 saturated heterocycles. The summed E-state index contributed by atoms with van der Waals surface area (Å²) < 4.78 is 15.4. The van der Waals surface area contributed by atoms with Gasteiger partial charge < -0.3 is 19.0 Å². The molecule has 0 aliphatic rings. The minimum atomic E-state index is -0.385. The smallest absolute Gasteiger partial charge is 0.344 e. The Bertz CT molecular complexity index is 738. The number of carbonyl (C=O) groups is 1. The van der Waals surface area contributed by atoms with Crippen LogP contribution < -0.4 is 9.47 Å². The van der Waals surface area contributed by atoms with Gasteiger partial charge in [-0.2, -0.15) is 0 Å². The number of hydrogen-bond acceptors (Lipinski definition) is 6. The third kappa shape index (κ3) is 6.66. The van der Waals surface area contributed by atoms with Crippen molar-refractivity contribution in [1.82, 2.24) is 0 Å². The summed E-state index contributed by atoms with van der Waals surface area (Å²) >= 11 is 0. The zero-order valence-corrected chi connectivity index (χ0v) is 15.9. The zero-order valence-electron chi connectivity index (χ0n) is 15.9. The van der Waals surface area contributed by atoms with Gasteiger partial charge in [0, 0.05) is 0 Å². The van der Waals surface area contributed by atoms with E-state index in [9.17, 15) is 4.79 Å². The van der Waals surface area contributed by atoms with E-state index >= 15 is 0 Å². The Balaban J connectivity index is 1.91. The molecule has 0 aromatic heterocycles. The molecule has 0 unspecified atom stereocenters. The lowest BCUT2D eigenvalue weighted by molar-refractivity contribution is -0.145. The van der Waals surface area contributed by atoms with E-state index in [0.717, 1.165) is 29.0 Å². The van der Waals surface area contributed by atoms with E-state index in [1.807, 2.05) is 43.3 Å². The number of rotatable bonds is 10. The molecule has 27 heavy (non-hydrogen) atoms. The molecule has 0 heterocycles. The van der Waals surface area contributed by atoms with Crippen molar-refractivity contribution in [3.05, 3.63) is 59.7 Å². The first-order valence-corrected chi connectivity index (χ1v) is 8.86. The van der Waals surface area contributed by atoms with E-state index in [2.05, 4.69) is 5.16 Å². The molecule has 0 spiro atoms. The Morgan fingerprint density at radius 2 is 1.63 bits per heavy atom. The van der Waals surface area contributed by atoms with Crippen molar-refractivity contribution >= 4 is 11.7 Å². The highest BCUT2D eigenvalue weighted by Crippen LogP contribution is 2.15. The molecule has 0 atom stereocenters. The van der Waals surface area contributed by atoms with E-state index < -0.39 is 0 Å². The van der Waals surface area contributed by atoms with E-state index in [4.69, 9.17) is 19.0 Å². The van der Waals surface area contributed by atoms with Crippen molar-refractivity contribution < 1.29 is 23.8 Å². The summed E-state index contributed by atoms with van der Waals surface area (Å²) in [6.45, 7) is 4.39. The molecule has 6 nitrogen and oxygen atoms in total. The topological polar surface area (TPSA) is 66.4 Å². The molecule has 0 aliphatic heterocycles. The first-order chi connectivity index (χ1) is 13.2. The van der Waals surface area contributed by atoms with Gasteiger partial charge in [-0.05, 0) is 60.9 Å². The van der Waals surface area contributed by atoms with Gasteiger partial charge in [0.05, 0.1) is 19.4 Å². The first-order valence-electron chi connectivity index (χ1n) is 8.86. The number of ether oxygens (including phenoxy) is 3. The van der Waals surface area contributed by atoms with Gasteiger partial charge in [0.2, 0.25) is 0 Å². The van der Waals surface area contributed by atoms with E-state index in [0.29, 0.717) is 19.0 Å². The fraction of sp³-hybridized carbons (Fsp3) is 0.333. The molecule has 144 valence electrons. The summed E-state index contributed by atoms with van der Waals surface area (Å²) in [7, 11) is 1.64. The number of oxime groups is 1. The summed E-state index contributed by atoms with van der Waals surface area (Å²) in [5.74, 6) is 1.02. The summed E-state index contributed by atoms with van der Waals surface area (Å²) in [5, 5.41) is 4.25. The zero-order chi connectivity index (χ0) is 19.5. The Morgan fingerprint density at radius 3 is 2.22 bits per heavy atom. The van der Waals surface area contributed by atoms with Crippen LogP contribution in [0.4, 0.5) is 0 Å². The predicted octanol–water partition coefficient (Wildman–Crippen LogP) is 3.97. The summed E-state index contributed by atoms with van der Waals surface area (Å²) in [4.78, 5) is 16.8. The molecule has 0 radical (unpaired) electrons. The second-order valence-corrected chi connectivity index (χ2v) is 5.63. The third-order valence-corrected chi connectivity index (χ3v) is 3.75. The summed E-state index contributed by atoms with van der Waals surface area (Å²) in [6.07, 6.45) is 0.728. The molecule has 0 saturated carbocycles. The lowest BCUT2D eigenvalue weighted by Gasteiger charge is -2.08. The Morgan fingerprint density at radius 1 is 0.963 bits per heavy atom. The maximum absolute atomic E-state index is 11.3. The maximum atomic E-state index is 11.3. The number of benzene rings is 2. The van der Waals surface area contributed by atoms with Crippen LogP contribution in [0, 0.1) is 0 Å². The maximum Gasteiger partial charge on any atom is 0.344 e. The Hall–Kier alpha value is -3.02. The highest BCUT2D eigenvalue weighted by atomic mass is 16.6. The van der Waals surface area contributed by atoms with Crippen molar-refractivity contribution in [1.29, 1.82) is 0 Å². The molecule has 0 N–H and O–H groups in total. The van der Waals surface area contributed by atoms with Crippen molar-refractivity contribution in [3.63, 3.8) is 0 Å². The third-order valence-electron chi connectivity index (χ3n) is 3.75. The van der Waals surface area contributed by atoms with Crippen LogP contribution in [0.1, 0.15) is 31.4 Å². The summed E-state index contributed by atoms with van der Waals surface area (Å²) in [6, 6.07) is 15.0. The van der Waals surface area contributed by atoms with Crippen molar-refractivity contribution in [3.8, 4) is 11.5 Å². The van der Waals surface area contributed by atoms with Gasteiger partial charge in [-0.15, -0.1) is 0 Å². The molecule has 0 bridgehead atoms. The van der Waals surface area contributed by atoms with Crippen LogP contribution in [0.3, 0.4) is 0 Å². The quantitative estimate of drug-likeness (QED) is 0.359. The van der Waals surface area contributed by atoms with Crippen molar-refractivity contribution in [2.75, 3.05) is 20.3 Å². The number of methoxy groups -OCH3 is 1. The van der Waals surface area contributed by atoms with Gasteiger partial charge in [-0.25, -0.2) is 4.79 Å². The molecule has 2 aromatic rings. The van der Waals surface area contributed by atoms with E-state index in [1.54, 1.807) is 26.2 Å². The van der Waals surface area contributed by atoms with Gasteiger partial charge in [0.1, 0.15) is 18.1 Å². The van der Waals surface area contributed by atoms with Crippen LogP contribution >= 0.6 is 0 Å². The monoisotopic (exact) mass is 371 g/mol. The Labute approximate surface area is 159 Å². The normalized spacial score (nSPS) is 11.0. The Kier molecular flexibility index (Phi) is 8.16. The fourth-order valence-corrected chi connectivity index (χ4v) is 2.32. The number of nitrogens with zero attached hydrogens (tertiary/aromatic N) is 1.